The number of aromatic nitrogens is 2. The third-order valence-corrected chi connectivity index (χ3v) is 5.94. The van der Waals surface area contributed by atoms with Crippen LogP contribution in [0.3, 0.4) is 0 Å². The monoisotopic (exact) mass is 419 g/mol. The van der Waals surface area contributed by atoms with Crippen molar-refractivity contribution in [2.75, 3.05) is 20.2 Å². The fraction of sp³-hybridized carbons (Fsp3) is 0.400. The molecular weight excluding hydrogens is 390 g/mol. The number of hydrogen-bond donors (Lipinski definition) is 0. The number of amides is 1. The van der Waals surface area contributed by atoms with Crippen molar-refractivity contribution in [2.45, 2.75) is 45.6 Å². The Morgan fingerprint density at radius 1 is 1.03 bits per heavy atom. The van der Waals surface area contributed by atoms with Gasteiger partial charge in [0.25, 0.3) is 5.91 Å². The summed E-state index contributed by atoms with van der Waals surface area (Å²) in [6, 6.07) is 13.4. The van der Waals surface area contributed by atoms with Crippen molar-refractivity contribution in [3.05, 3.63) is 65.0 Å². The highest BCUT2D eigenvalue weighted by atomic mass is 16.5. The normalized spacial score (nSPS) is 13.7. The maximum Gasteiger partial charge on any atom is 0.337 e. The van der Waals surface area contributed by atoms with Crippen LogP contribution in [0.25, 0.3) is 11.0 Å². The van der Waals surface area contributed by atoms with Crippen molar-refractivity contribution in [1.82, 2.24) is 14.5 Å². The fourth-order valence-corrected chi connectivity index (χ4v) is 4.16. The highest BCUT2D eigenvalue weighted by Gasteiger charge is 2.21. The van der Waals surface area contributed by atoms with E-state index >= 15 is 0 Å². The molecule has 4 rings (SSSR count). The Morgan fingerprint density at radius 3 is 2.42 bits per heavy atom. The number of methoxy groups -OCH3 is 1. The highest BCUT2D eigenvalue weighted by Crippen LogP contribution is 2.23. The molecule has 1 aliphatic heterocycles. The van der Waals surface area contributed by atoms with E-state index in [1.807, 2.05) is 35.2 Å². The molecule has 0 spiro atoms. The number of ether oxygens (including phenoxy) is 1. The van der Waals surface area contributed by atoms with E-state index in [9.17, 15) is 9.59 Å². The second-order valence-electron chi connectivity index (χ2n) is 8.11. The summed E-state index contributed by atoms with van der Waals surface area (Å²) in [6.07, 6.45) is 5.21. The number of carbonyl (C=O) groups excluding carboxylic acids is 2. The van der Waals surface area contributed by atoms with Crippen LogP contribution in [0.1, 0.15) is 64.7 Å². The van der Waals surface area contributed by atoms with Gasteiger partial charge in [-0.2, -0.15) is 0 Å². The average molecular weight is 420 g/mol. The summed E-state index contributed by atoms with van der Waals surface area (Å²) in [5.74, 6) is 0.792. The molecule has 6 heteroatoms. The van der Waals surface area contributed by atoms with E-state index in [-0.39, 0.29) is 11.9 Å². The number of carbonyl (C=O) groups is 2. The van der Waals surface area contributed by atoms with Gasteiger partial charge in [-0.3, -0.25) is 4.79 Å². The Hall–Kier alpha value is -3.15. The van der Waals surface area contributed by atoms with Crippen LogP contribution in [-0.4, -0.2) is 46.5 Å². The lowest BCUT2D eigenvalue weighted by molar-refractivity contribution is 0.0600. The molecule has 0 aliphatic carbocycles. The Kier molecular flexibility index (Phi) is 6.35. The minimum absolute atomic E-state index is 0.0995. The molecule has 6 nitrogen and oxygen atoms in total. The number of aryl methyl sites for hydroxylation is 1. The lowest BCUT2D eigenvalue weighted by Crippen LogP contribution is -2.27. The van der Waals surface area contributed by atoms with E-state index in [2.05, 4.69) is 11.5 Å². The van der Waals surface area contributed by atoms with Crippen LogP contribution < -0.4 is 0 Å². The third-order valence-electron chi connectivity index (χ3n) is 5.94. The lowest BCUT2D eigenvalue weighted by Gasteiger charge is -2.15. The highest BCUT2D eigenvalue weighted by molar-refractivity contribution is 5.97. The van der Waals surface area contributed by atoms with Gasteiger partial charge in [0, 0.05) is 31.6 Å². The number of benzene rings is 2. The van der Waals surface area contributed by atoms with Gasteiger partial charge in [-0.25, -0.2) is 9.78 Å². The molecular formula is C25H29N3O3. The van der Waals surface area contributed by atoms with E-state index in [4.69, 9.17) is 9.72 Å². The molecule has 1 fully saturated rings. The summed E-state index contributed by atoms with van der Waals surface area (Å²) in [7, 11) is 1.39. The van der Waals surface area contributed by atoms with Crippen LogP contribution in [0, 0.1) is 0 Å². The van der Waals surface area contributed by atoms with Crippen LogP contribution in [0.4, 0.5) is 0 Å². The molecule has 1 saturated heterocycles. The second kappa shape index (κ2) is 9.33. The van der Waals surface area contributed by atoms with Gasteiger partial charge in [-0.15, -0.1) is 0 Å². The van der Waals surface area contributed by atoms with Crippen molar-refractivity contribution < 1.29 is 14.3 Å². The number of unbranched alkanes of at least 4 members (excludes halogenated alkanes) is 1. The zero-order valence-corrected chi connectivity index (χ0v) is 18.3. The predicted molar refractivity (Wildman–Crippen MR) is 120 cm³/mol. The van der Waals surface area contributed by atoms with Gasteiger partial charge in [-0.1, -0.05) is 25.5 Å². The Labute approximate surface area is 182 Å². The SMILES string of the molecule is CCCCc1nc2cc(C(=O)N3CCCC3)ccc2n1Cc1ccc(C(=O)OC)cc1. The summed E-state index contributed by atoms with van der Waals surface area (Å²) in [5.41, 5.74) is 4.23. The van der Waals surface area contributed by atoms with Crippen LogP contribution in [0.5, 0.6) is 0 Å². The minimum atomic E-state index is -0.335. The number of nitrogens with zero attached hydrogens (tertiary/aromatic N) is 3. The summed E-state index contributed by atoms with van der Waals surface area (Å²) in [6.45, 7) is 4.52. The van der Waals surface area contributed by atoms with Crippen molar-refractivity contribution in [2.24, 2.45) is 0 Å². The first-order valence-corrected chi connectivity index (χ1v) is 11.1. The molecule has 1 aromatic heterocycles. The Morgan fingerprint density at radius 2 is 1.74 bits per heavy atom. The van der Waals surface area contributed by atoms with Crippen LogP contribution in [0.15, 0.2) is 42.5 Å². The molecule has 0 bridgehead atoms. The van der Waals surface area contributed by atoms with E-state index in [1.165, 1.54) is 7.11 Å². The summed E-state index contributed by atoms with van der Waals surface area (Å²) >= 11 is 0. The number of likely N-dealkylation sites (tertiary alicyclic amines) is 1. The molecule has 31 heavy (non-hydrogen) atoms. The van der Waals surface area contributed by atoms with Crippen molar-refractivity contribution in [3.63, 3.8) is 0 Å². The Bertz CT molecular complexity index is 1080. The number of fused-ring (bicyclic) bond motifs is 1. The predicted octanol–water partition coefficient (Wildman–Crippen LogP) is 4.45. The molecule has 0 radical (unpaired) electrons. The summed E-state index contributed by atoms with van der Waals surface area (Å²) in [5, 5.41) is 0. The topological polar surface area (TPSA) is 64.4 Å². The number of rotatable bonds is 7. The first-order valence-electron chi connectivity index (χ1n) is 11.1. The van der Waals surface area contributed by atoms with Crippen LogP contribution >= 0.6 is 0 Å². The molecule has 1 aliphatic rings. The third kappa shape index (κ3) is 4.48. The number of imidazole rings is 1. The molecule has 0 saturated carbocycles. The van der Waals surface area contributed by atoms with Crippen molar-refractivity contribution >= 4 is 22.9 Å². The quantitative estimate of drug-likeness (QED) is 0.531. The molecule has 2 heterocycles. The van der Waals surface area contributed by atoms with E-state index < -0.39 is 0 Å². The molecule has 1 amide bonds. The van der Waals surface area contributed by atoms with Crippen LogP contribution in [0.2, 0.25) is 0 Å². The molecule has 2 aromatic carbocycles. The van der Waals surface area contributed by atoms with Gasteiger partial charge in [-0.05, 0) is 55.2 Å². The Balaban J connectivity index is 1.65. The largest absolute Gasteiger partial charge is 0.465 e. The molecule has 0 N–H and O–H groups in total. The van der Waals surface area contributed by atoms with Crippen LogP contribution in [-0.2, 0) is 17.7 Å². The van der Waals surface area contributed by atoms with Crippen molar-refractivity contribution in [1.29, 1.82) is 0 Å². The molecule has 3 aromatic rings. The number of hydrogen-bond acceptors (Lipinski definition) is 4. The van der Waals surface area contributed by atoms with Gasteiger partial charge in [0.15, 0.2) is 0 Å². The van der Waals surface area contributed by atoms with E-state index in [0.717, 1.165) is 67.6 Å². The molecule has 0 atom stereocenters. The maximum absolute atomic E-state index is 12.8. The smallest absolute Gasteiger partial charge is 0.337 e. The van der Waals surface area contributed by atoms with Crippen molar-refractivity contribution in [3.8, 4) is 0 Å². The van der Waals surface area contributed by atoms with Gasteiger partial charge in [0.2, 0.25) is 0 Å². The minimum Gasteiger partial charge on any atom is -0.465 e. The molecule has 162 valence electrons. The van der Waals surface area contributed by atoms with Gasteiger partial charge in [0.05, 0.1) is 23.7 Å². The van der Waals surface area contributed by atoms with Gasteiger partial charge < -0.3 is 14.2 Å². The van der Waals surface area contributed by atoms with E-state index in [1.54, 1.807) is 12.1 Å². The lowest BCUT2D eigenvalue weighted by atomic mass is 10.1. The standard InChI is InChI=1S/C25H29N3O3/c1-3-4-7-23-26-21-16-20(24(29)27-14-5-6-15-27)12-13-22(21)28(23)17-18-8-10-19(11-9-18)25(30)31-2/h8-13,16H,3-7,14-15,17H2,1-2H3. The number of esters is 1. The second-order valence-corrected chi connectivity index (χ2v) is 8.11. The molecule has 0 unspecified atom stereocenters. The van der Waals surface area contributed by atoms with Gasteiger partial charge in [0.1, 0.15) is 5.82 Å². The zero-order valence-electron chi connectivity index (χ0n) is 18.3. The zero-order chi connectivity index (χ0) is 21.8. The fourth-order valence-electron chi connectivity index (χ4n) is 4.16. The maximum atomic E-state index is 12.8. The summed E-state index contributed by atoms with van der Waals surface area (Å²) < 4.78 is 7.01. The average Bonchev–Trinajstić information content (AvgIpc) is 3.45. The van der Waals surface area contributed by atoms with Gasteiger partial charge >= 0.3 is 5.97 Å². The summed E-state index contributed by atoms with van der Waals surface area (Å²) in [4.78, 5) is 31.3. The first-order chi connectivity index (χ1) is 15.1. The first kappa shape index (κ1) is 21.1. The van der Waals surface area contributed by atoms with E-state index in [0.29, 0.717) is 17.7 Å².